The minimum Gasteiger partial charge on any atom is -0.462 e. The summed E-state index contributed by atoms with van der Waals surface area (Å²) in [7, 11) is 1.31. The molecule has 0 fully saturated rings. The predicted octanol–water partition coefficient (Wildman–Crippen LogP) is 11.0. The highest BCUT2D eigenvalue weighted by Gasteiger charge is 2.27. The Hall–Kier alpha value is -2.63. The Bertz CT molecular complexity index is 1290. The molecule has 0 saturated heterocycles. The number of ether oxygens (including phenoxy) is 2. The number of hydrogen-bond acceptors (Lipinski definition) is 9. The van der Waals surface area contributed by atoms with Crippen molar-refractivity contribution in [2.75, 3.05) is 47.5 Å². The number of carbonyl (C=O) groups is 2. The Labute approximate surface area is 364 Å². The molecule has 0 aliphatic carbocycles. The van der Waals surface area contributed by atoms with Crippen LogP contribution in [0.2, 0.25) is 0 Å². The standard InChI is InChI=1S/C48H84NO10P/c1-6-8-10-11-12-13-14-15-16-17-18-19-20-21-25-28-32-38-47(52)56-42-46(43-58-60(54,55)57-41-40-49(3,4)5)59-48(53)39-33-37-45(51)36-31-27-24-22-23-26-30-35-44(50)34-29-9-7-2/h12-13,15-16,23-24,26-27,30-31,35-36,44-46,50-51H,6-11,14,17-22,25,28-29,32-34,37-43H2,1-5H3/p+1/b13-12-,16-15-,26-23-,27-24-,35-30+,36-31+/t44-,45-,46-/m1/s1. The summed E-state index contributed by atoms with van der Waals surface area (Å²) in [4.78, 5) is 35.4. The zero-order chi connectivity index (χ0) is 44.6. The molecular formula is C48H85NO10P+. The molecule has 0 aliphatic rings. The molecule has 0 aromatic heterocycles. The van der Waals surface area contributed by atoms with Crippen LogP contribution in [0.1, 0.15) is 155 Å². The van der Waals surface area contributed by atoms with Gasteiger partial charge in [0.05, 0.1) is 40.0 Å². The Morgan fingerprint density at radius 1 is 0.600 bits per heavy atom. The van der Waals surface area contributed by atoms with Gasteiger partial charge in [-0.25, -0.2) is 4.57 Å². The number of phosphoric ester groups is 1. The van der Waals surface area contributed by atoms with E-state index >= 15 is 0 Å². The van der Waals surface area contributed by atoms with E-state index in [1.165, 1.54) is 44.9 Å². The van der Waals surface area contributed by atoms with Crippen molar-refractivity contribution in [2.45, 2.75) is 173 Å². The number of phosphoric acid groups is 1. The Morgan fingerprint density at radius 2 is 1.12 bits per heavy atom. The van der Waals surface area contributed by atoms with E-state index in [-0.39, 0.29) is 26.1 Å². The molecule has 11 nitrogen and oxygen atoms in total. The molecule has 0 heterocycles. The Morgan fingerprint density at radius 3 is 1.72 bits per heavy atom. The number of quaternary nitrogens is 1. The van der Waals surface area contributed by atoms with Gasteiger partial charge in [0.1, 0.15) is 19.8 Å². The van der Waals surface area contributed by atoms with Gasteiger partial charge in [-0.05, 0) is 64.2 Å². The van der Waals surface area contributed by atoms with E-state index in [4.69, 9.17) is 18.5 Å². The van der Waals surface area contributed by atoms with Crippen molar-refractivity contribution in [3.63, 3.8) is 0 Å². The molecular weight excluding hydrogens is 781 g/mol. The summed E-state index contributed by atoms with van der Waals surface area (Å²) in [5.74, 6) is -1.04. The first-order chi connectivity index (χ1) is 28.8. The smallest absolute Gasteiger partial charge is 0.462 e. The van der Waals surface area contributed by atoms with Crippen molar-refractivity contribution in [2.24, 2.45) is 0 Å². The number of aliphatic hydroxyl groups is 2. The molecule has 4 atom stereocenters. The molecule has 0 spiro atoms. The van der Waals surface area contributed by atoms with Crippen LogP contribution in [0.15, 0.2) is 72.9 Å². The van der Waals surface area contributed by atoms with E-state index in [0.29, 0.717) is 36.7 Å². The minimum absolute atomic E-state index is 0.0128. The second-order valence-corrected chi connectivity index (χ2v) is 17.9. The normalized spacial score (nSPS) is 15.3. The Balaban J connectivity index is 4.60. The summed E-state index contributed by atoms with van der Waals surface area (Å²) >= 11 is 0. The van der Waals surface area contributed by atoms with Gasteiger partial charge in [-0.1, -0.05) is 151 Å². The average Bonchev–Trinajstić information content (AvgIpc) is 3.19. The monoisotopic (exact) mass is 867 g/mol. The quantitative estimate of drug-likeness (QED) is 0.0136. The van der Waals surface area contributed by atoms with Gasteiger partial charge in [0, 0.05) is 12.8 Å². The number of aliphatic hydroxyl groups excluding tert-OH is 2. The number of carbonyl (C=O) groups excluding carboxylic acids is 2. The van der Waals surface area contributed by atoms with E-state index in [1.807, 2.05) is 51.5 Å². The first-order valence-electron chi connectivity index (χ1n) is 22.9. The van der Waals surface area contributed by atoms with E-state index in [1.54, 1.807) is 18.2 Å². The molecule has 0 bridgehead atoms. The van der Waals surface area contributed by atoms with Gasteiger partial charge in [-0.15, -0.1) is 0 Å². The maximum absolute atomic E-state index is 12.7. The fourth-order valence-corrected chi connectivity index (χ4v) is 6.47. The van der Waals surface area contributed by atoms with Gasteiger partial charge < -0.3 is 29.1 Å². The van der Waals surface area contributed by atoms with Crippen molar-refractivity contribution in [3.05, 3.63) is 72.9 Å². The molecule has 3 N–H and O–H groups in total. The number of allylic oxidation sites excluding steroid dienone is 10. The molecule has 0 amide bonds. The van der Waals surface area contributed by atoms with Crippen LogP contribution in [0, 0.1) is 0 Å². The van der Waals surface area contributed by atoms with Crippen molar-refractivity contribution in [3.8, 4) is 0 Å². The van der Waals surface area contributed by atoms with Gasteiger partial charge in [0.2, 0.25) is 0 Å². The SMILES string of the molecule is CCCCC/C=C\C/C=C\CCCCCCCCCC(=O)OC[C@H](COP(=O)(O)OCC[N+](C)(C)C)OC(=O)CCC[C@H](O)/C=C/C=C\C/C=C\C=C\[C@H](O)CCCCC. The largest absolute Gasteiger partial charge is 0.472 e. The van der Waals surface area contributed by atoms with Crippen LogP contribution >= 0.6 is 7.82 Å². The van der Waals surface area contributed by atoms with E-state index in [9.17, 15) is 29.3 Å². The van der Waals surface area contributed by atoms with Gasteiger partial charge in [-0.3, -0.25) is 18.6 Å². The molecule has 12 heteroatoms. The van der Waals surface area contributed by atoms with E-state index in [2.05, 4.69) is 38.2 Å². The zero-order valence-corrected chi connectivity index (χ0v) is 39.0. The molecule has 0 rings (SSSR count). The first kappa shape index (κ1) is 57.4. The second kappa shape index (κ2) is 39.2. The van der Waals surface area contributed by atoms with Gasteiger partial charge in [0.25, 0.3) is 0 Å². The van der Waals surface area contributed by atoms with E-state index < -0.39 is 44.7 Å². The topological polar surface area (TPSA) is 149 Å². The number of unbranched alkanes of at least 4 members (excludes halogenated alkanes) is 12. The maximum atomic E-state index is 12.7. The van der Waals surface area contributed by atoms with Crippen LogP contribution < -0.4 is 0 Å². The lowest BCUT2D eigenvalue weighted by Gasteiger charge is -2.24. The van der Waals surface area contributed by atoms with Crippen LogP contribution in [0.5, 0.6) is 0 Å². The molecule has 0 aromatic carbocycles. The summed E-state index contributed by atoms with van der Waals surface area (Å²) in [5.41, 5.74) is 0. The van der Waals surface area contributed by atoms with Crippen LogP contribution in [-0.4, -0.2) is 97.3 Å². The minimum atomic E-state index is -4.45. The van der Waals surface area contributed by atoms with Crippen LogP contribution in [0.3, 0.4) is 0 Å². The van der Waals surface area contributed by atoms with Gasteiger partial charge >= 0.3 is 19.8 Å². The molecule has 0 radical (unpaired) electrons. The van der Waals surface area contributed by atoms with Crippen molar-refractivity contribution >= 4 is 19.8 Å². The summed E-state index contributed by atoms with van der Waals surface area (Å²) in [5, 5.41) is 20.2. The Kier molecular flexibility index (Phi) is 37.5. The first-order valence-corrected chi connectivity index (χ1v) is 24.4. The van der Waals surface area contributed by atoms with Crippen molar-refractivity contribution in [1.82, 2.24) is 0 Å². The molecule has 0 saturated carbocycles. The third-order valence-corrected chi connectivity index (χ3v) is 10.4. The highest BCUT2D eigenvalue weighted by Crippen LogP contribution is 2.43. The second-order valence-electron chi connectivity index (χ2n) is 16.5. The summed E-state index contributed by atoms with van der Waals surface area (Å²) in [6.45, 7) is 4.00. The van der Waals surface area contributed by atoms with Crippen LogP contribution in [0.25, 0.3) is 0 Å². The zero-order valence-electron chi connectivity index (χ0n) is 38.1. The number of likely N-dealkylation sites (N-methyl/N-ethyl adjacent to an activating group) is 1. The molecule has 1 unspecified atom stereocenters. The number of esters is 2. The van der Waals surface area contributed by atoms with Gasteiger partial charge in [0.15, 0.2) is 6.10 Å². The summed E-state index contributed by atoms with van der Waals surface area (Å²) in [6, 6.07) is 0. The summed E-state index contributed by atoms with van der Waals surface area (Å²) < 4.78 is 34.1. The van der Waals surface area contributed by atoms with E-state index in [0.717, 1.165) is 57.8 Å². The van der Waals surface area contributed by atoms with Crippen LogP contribution in [-0.2, 0) is 32.7 Å². The van der Waals surface area contributed by atoms with Gasteiger partial charge in [-0.2, -0.15) is 0 Å². The fourth-order valence-electron chi connectivity index (χ4n) is 5.73. The average molecular weight is 867 g/mol. The molecule has 0 aromatic rings. The molecule has 0 aliphatic heterocycles. The molecule has 60 heavy (non-hydrogen) atoms. The third kappa shape index (κ3) is 42.1. The summed E-state index contributed by atoms with van der Waals surface area (Å²) in [6.07, 6.45) is 41.6. The number of nitrogens with zero attached hydrogens (tertiary/aromatic N) is 1. The molecule has 346 valence electrons. The highest BCUT2D eigenvalue weighted by atomic mass is 31.2. The van der Waals surface area contributed by atoms with Crippen LogP contribution in [0.4, 0.5) is 0 Å². The van der Waals surface area contributed by atoms with Crippen molar-refractivity contribution < 1.29 is 52.3 Å². The predicted molar refractivity (Wildman–Crippen MR) is 245 cm³/mol. The maximum Gasteiger partial charge on any atom is 0.472 e. The highest BCUT2D eigenvalue weighted by molar-refractivity contribution is 7.47. The lowest BCUT2D eigenvalue weighted by Crippen LogP contribution is -2.37. The lowest BCUT2D eigenvalue weighted by molar-refractivity contribution is -0.870. The fraction of sp³-hybridized carbons (Fsp3) is 0.708. The number of hydrogen-bond donors (Lipinski definition) is 3. The van der Waals surface area contributed by atoms with Crippen molar-refractivity contribution in [1.29, 1.82) is 0 Å². The number of rotatable bonds is 40. The lowest BCUT2D eigenvalue weighted by atomic mass is 10.1. The third-order valence-electron chi connectivity index (χ3n) is 9.42.